The molecule has 0 atom stereocenters. The number of nitrogens with zero attached hydrogens (tertiary/aromatic N) is 1. The summed E-state index contributed by atoms with van der Waals surface area (Å²) in [4.78, 5) is 14.7. The Hall–Kier alpha value is -1.55. The van der Waals surface area contributed by atoms with Gasteiger partial charge < -0.3 is 15.4 Å². The van der Waals surface area contributed by atoms with Crippen molar-refractivity contribution >= 4 is 11.6 Å². The second-order valence-electron chi connectivity index (χ2n) is 6.20. The predicted octanol–water partition coefficient (Wildman–Crippen LogP) is 2.81. The second-order valence-corrected chi connectivity index (χ2v) is 6.20. The van der Waals surface area contributed by atoms with Crippen molar-refractivity contribution < 1.29 is 9.53 Å². The van der Waals surface area contributed by atoms with Crippen LogP contribution in [0.2, 0.25) is 0 Å². The minimum absolute atomic E-state index is 0.112. The number of methoxy groups -OCH3 is 1. The van der Waals surface area contributed by atoms with Crippen LogP contribution in [0.5, 0.6) is 5.75 Å². The molecule has 0 heterocycles. The molecule has 116 valence electrons. The summed E-state index contributed by atoms with van der Waals surface area (Å²) < 4.78 is 5.36. The average molecular weight is 290 g/mol. The Labute approximate surface area is 127 Å². The Balaban J connectivity index is 2.25. The molecule has 0 unspecified atom stereocenters. The van der Waals surface area contributed by atoms with E-state index < -0.39 is 5.41 Å². The number of benzene rings is 1. The molecule has 2 N–H and O–H groups in total. The predicted molar refractivity (Wildman–Crippen MR) is 85.5 cm³/mol. The van der Waals surface area contributed by atoms with Gasteiger partial charge >= 0.3 is 0 Å². The SMILES string of the molecule is COc1ccccc1N(C)C(=O)C1(CN)CCC(C)CC1. The van der Waals surface area contributed by atoms with E-state index in [4.69, 9.17) is 10.5 Å². The lowest BCUT2D eigenvalue weighted by Gasteiger charge is -2.39. The first kappa shape index (κ1) is 15.8. The topological polar surface area (TPSA) is 55.6 Å². The lowest BCUT2D eigenvalue weighted by atomic mass is 9.70. The zero-order chi connectivity index (χ0) is 15.5. The summed E-state index contributed by atoms with van der Waals surface area (Å²) in [7, 11) is 3.44. The third-order valence-corrected chi connectivity index (χ3v) is 4.83. The van der Waals surface area contributed by atoms with E-state index in [-0.39, 0.29) is 5.91 Å². The van der Waals surface area contributed by atoms with E-state index in [1.165, 1.54) is 0 Å². The molecule has 21 heavy (non-hydrogen) atoms. The Kier molecular flexibility index (Phi) is 4.88. The Morgan fingerprint density at radius 3 is 2.57 bits per heavy atom. The Morgan fingerprint density at radius 1 is 1.38 bits per heavy atom. The number of hydrogen-bond donors (Lipinski definition) is 1. The summed E-state index contributed by atoms with van der Waals surface area (Å²) in [5, 5.41) is 0. The second kappa shape index (κ2) is 6.48. The van der Waals surface area contributed by atoms with Gasteiger partial charge in [0.25, 0.3) is 0 Å². The Morgan fingerprint density at radius 2 is 2.00 bits per heavy atom. The first-order valence-corrected chi connectivity index (χ1v) is 7.65. The fourth-order valence-electron chi connectivity index (χ4n) is 3.19. The van der Waals surface area contributed by atoms with Crippen LogP contribution in [0.1, 0.15) is 32.6 Å². The molecule has 4 nitrogen and oxygen atoms in total. The molecule has 1 aliphatic carbocycles. The van der Waals surface area contributed by atoms with Gasteiger partial charge in [-0.2, -0.15) is 0 Å². The number of ether oxygens (including phenoxy) is 1. The summed E-state index contributed by atoms with van der Waals surface area (Å²) in [6.45, 7) is 2.66. The molecule has 1 amide bonds. The molecule has 1 saturated carbocycles. The normalized spacial score (nSPS) is 25.4. The summed E-state index contributed by atoms with van der Waals surface area (Å²) in [5.41, 5.74) is 6.38. The van der Waals surface area contributed by atoms with Gasteiger partial charge in [0.1, 0.15) is 5.75 Å². The summed E-state index contributed by atoms with van der Waals surface area (Å²) >= 11 is 0. The highest BCUT2D eigenvalue weighted by atomic mass is 16.5. The monoisotopic (exact) mass is 290 g/mol. The van der Waals surface area contributed by atoms with Crippen molar-refractivity contribution in [2.75, 3.05) is 25.6 Å². The minimum Gasteiger partial charge on any atom is -0.495 e. The number of nitrogens with two attached hydrogens (primary N) is 1. The highest BCUT2D eigenvalue weighted by molar-refractivity contribution is 5.98. The van der Waals surface area contributed by atoms with Crippen LogP contribution >= 0.6 is 0 Å². The maximum Gasteiger partial charge on any atom is 0.234 e. The number of rotatable bonds is 4. The standard InChI is InChI=1S/C17H26N2O2/c1-13-8-10-17(12-18,11-9-13)16(20)19(2)14-6-4-5-7-15(14)21-3/h4-7,13H,8-12,18H2,1-3H3. The van der Waals surface area contributed by atoms with Gasteiger partial charge in [-0.05, 0) is 43.7 Å². The molecular weight excluding hydrogens is 264 g/mol. The van der Waals surface area contributed by atoms with Crippen molar-refractivity contribution in [3.05, 3.63) is 24.3 Å². The highest BCUT2D eigenvalue weighted by Crippen LogP contribution is 2.41. The molecule has 1 fully saturated rings. The van der Waals surface area contributed by atoms with E-state index in [1.807, 2.05) is 31.3 Å². The van der Waals surface area contributed by atoms with Crippen molar-refractivity contribution in [1.29, 1.82) is 0 Å². The summed E-state index contributed by atoms with van der Waals surface area (Å²) in [5.74, 6) is 1.51. The number of hydrogen-bond acceptors (Lipinski definition) is 3. The van der Waals surface area contributed by atoms with Gasteiger partial charge in [0, 0.05) is 13.6 Å². The van der Waals surface area contributed by atoms with Crippen LogP contribution in [0.3, 0.4) is 0 Å². The van der Waals surface area contributed by atoms with Crippen molar-refractivity contribution in [2.24, 2.45) is 17.1 Å². The molecule has 2 rings (SSSR count). The largest absolute Gasteiger partial charge is 0.495 e. The molecule has 0 bridgehead atoms. The van der Waals surface area contributed by atoms with Gasteiger partial charge in [-0.1, -0.05) is 19.1 Å². The number of amides is 1. The fourth-order valence-corrected chi connectivity index (χ4v) is 3.19. The lowest BCUT2D eigenvalue weighted by Crippen LogP contribution is -2.48. The van der Waals surface area contributed by atoms with Gasteiger partial charge in [-0.15, -0.1) is 0 Å². The third kappa shape index (κ3) is 3.05. The third-order valence-electron chi connectivity index (χ3n) is 4.83. The molecule has 0 spiro atoms. The molecule has 1 aromatic rings. The van der Waals surface area contributed by atoms with Crippen molar-refractivity contribution in [1.82, 2.24) is 0 Å². The zero-order valence-electron chi connectivity index (χ0n) is 13.3. The van der Waals surface area contributed by atoms with E-state index in [9.17, 15) is 4.79 Å². The van der Waals surface area contributed by atoms with E-state index in [0.717, 1.165) is 31.4 Å². The first-order valence-electron chi connectivity index (χ1n) is 7.65. The van der Waals surface area contributed by atoms with Crippen molar-refractivity contribution in [3.8, 4) is 5.75 Å². The van der Waals surface area contributed by atoms with Crippen LogP contribution < -0.4 is 15.4 Å². The van der Waals surface area contributed by atoms with Crippen LogP contribution in [-0.4, -0.2) is 26.6 Å². The van der Waals surface area contributed by atoms with Gasteiger partial charge in [-0.25, -0.2) is 0 Å². The molecule has 0 radical (unpaired) electrons. The molecule has 1 aromatic carbocycles. The first-order chi connectivity index (χ1) is 10.0. The van der Waals surface area contributed by atoms with Crippen molar-refractivity contribution in [3.63, 3.8) is 0 Å². The highest BCUT2D eigenvalue weighted by Gasteiger charge is 2.42. The molecule has 0 aliphatic heterocycles. The van der Waals surface area contributed by atoms with E-state index in [1.54, 1.807) is 12.0 Å². The number of carbonyl (C=O) groups excluding carboxylic acids is 1. The van der Waals surface area contributed by atoms with Crippen LogP contribution in [0.25, 0.3) is 0 Å². The number of anilines is 1. The Bertz CT molecular complexity index is 493. The zero-order valence-corrected chi connectivity index (χ0v) is 13.3. The molecule has 4 heteroatoms. The van der Waals surface area contributed by atoms with Crippen LogP contribution in [0.4, 0.5) is 5.69 Å². The maximum absolute atomic E-state index is 13.0. The van der Waals surface area contributed by atoms with Gasteiger partial charge in [0.15, 0.2) is 0 Å². The number of para-hydroxylation sites is 2. The van der Waals surface area contributed by atoms with Gasteiger partial charge in [-0.3, -0.25) is 4.79 Å². The van der Waals surface area contributed by atoms with Crippen molar-refractivity contribution in [2.45, 2.75) is 32.6 Å². The van der Waals surface area contributed by atoms with E-state index >= 15 is 0 Å². The summed E-state index contributed by atoms with van der Waals surface area (Å²) in [6, 6.07) is 7.60. The fraction of sp³-hybridized carbons (Fsp3) is 0.588. The smallest absolute Gasteiger partial charge is 0.234 e. The minimum atomic E-state index is -0.415. The number of carbonyl (C=O) groups is 1. The summed E-state index contributed by atoms with van der Waals surface area (Å²) in [6.07, 6.45) is 3.90. The quantitative estimate of drug-likeness (QED) is 0.927. The van der Waals surface area contributed by atoms with Gasteiger partial charge in [0.2, 0.25) is 5.91 Å². The average Bonchev–Trinajstić information content (AvgIpc) is 2.54. The van der Waals surface area contributed by atoms with Gasteiger partial charge in [0.05, 0.1) is 18.2 Å². The molecule has 1 aliphatic rings. The van der Waals surface area contributed by atoms with E-state index in [2.05, 4.69) is 6.92 Å². The molecular formula is C17H26N2O2. The van der Waals surface area contributed by atoms with Crippen LogP contribution in [0, 0.1) is 11.3 Å². The maximum atomic E-state index is 13.0. The van der Waals surface area contributed by atoms with Crippen LogP contribution in [-0.2, 0) is 4.79 Å². The van der Waals surface area contributed by atoms with E-state index in [0.29, 0.717) is 18.2 Å². The molecule has 0 saturated heterocycles. The lowest BCUT2D eigenvalue weighted by molar-refractivity contribution is -0.129. The molecule has 0 aromatic heterocycles. The van der Waals surface area contributed by atoms with Crippen LogP contribution in [0.15, 0.2) is 24.3 Å².